The average Bonchev–Trinajstić information content (AvgIpc) is 3.08. The van der Waals surface area contributed by atoms with Crippen LogP contribution < -0.4 is 0 Å². The fraction of sp³-hybridized carbons (Fsp3) is 0.647. The van der Waals surface area contributed by atoms with E-state index in [2.05, 4.69) is 48.3 Å². The molecule has 2 heterocycles. The number of nitrogens with zero attached hydrogens (tertiary/aromatic N) is 3. The largest absolute Gasteiger partial charge is 0.271 e. The first-order chi connectivity index (χ1) is 10.1. The van der Waals surface area contributed by atoms with Gasteiger partial charge in [-0.2, -0.15) is 5.10 Å². The summed E-state index contributed by atoms with van der Waals surface area (Å²) in [6, 6.07) is 2.27. The standard InChI is InChI=1S/C17H27N3S/c1-5-7-8-10-17(3,9-6-2)16-11-15(19-20(16)4)14-12-18-21-13-14/h11-13H,5-10H2,1-4H3. The number of unbranched alkanes of at least 4 members (excludes halogenated alkanes) is 2. The summed E-state index contributed by atoms with van der Waals surface area (Å²) in [5.41, 5.74) is 3.78. The third-order valence-corrected chi connectivity index (χ3v) is 4.95. The van der Waals surface area contributed by atoms with Gasteiger partial charge >= 0.3 is 0 Å². The Kier molecular flexibility index (Phi) is 5.57. The maximum atomic E-state index is 4.71. The third-order valence-electron chi connectivity index (χ3n) is 4.36. The van der Waals surface area contributed by atoms with Crippen LogP contribution in [-0.2, 0) is 12.5 Å². The quantitative estimate of drug-likeness (QED) is 0.629. The van der Waals surface area contributed by atoms with Crippen molar-refractivity contribution < 1.29 is 0 Å². The number of hydrogen-bond donors (Lipinski definition) is 0. The molecule has 2 aromatic rings. The highest BCUT2D eigenvalue weighted by Gasteiger charge is 2.29. The molecule has 0 bridgehead atoms. The Hall–Kier alpha value is -1.16. The predicted molar refractivity (Wildman–Crippen MR) is 90.7 cm³/mol. The monoisotopic (exact) mass is 305 g/mol. The summed E-state index contributed by atoms with van der Waals surface area (Å²) in [7, 11) is 2.08. The highest BCUT2D eigenvalue weighted by Crippen LogP contribution is 2.36. The molecule has 116 valence electrons. The average molecular weight is 305 g/mol. The summed E-state index contributed by atoms with van der Waals surface area (Å²) in [6.45, 7) is 6.94. The third kappa shape index (κ3) is 3.73. The minimum atomic E-state index is 0.230. The van der Waals surface area contributed by atoms with Crippen LogP contribution >= 0.6 is 11.5 Å². The molecule has 4 heteroatoms. The fourth-order valence-corrected chi connectivity index (χ4v) is 3.73. The van der Waals surface area contributed by atoms with Crippen molar-refractivity contribution in [2.45, 2.75) is 64.7 Å². The molecule has 1 unspecified atom stereocenters. The molecule has 21 heavy (non-hydrogen) atoms. The van der Waals surface area contributed by atoms with Crippen molar-refractivity contribution in [1.82, 2.24) is 14.2 Å². The topological polar surface area (TPSA) is 30.7 Å². The van der Waals surface area contributed by atoms with Crippen molar-refractivity contribution in [3.63, 3.8) is 0 Å². The summed E-state index contributed by atoms with van der Waals surface area (Å²) >= 11 is 1.48. The van der Waals surface area contributed by atoms with E-state index < -0.39 is 0 Å². The lowest BCUT2D eigenvalue weighted by atomic mass is 9.77. The highest BCUT2D eigenvalue weighted by atomic mass is 32.1. The van der Waals surface area contributed by atoms with Crippen LogP contribution in [-0.4, -0.2) is 14.2 Å². The lowest BCUT2D eigenvalue weighted by Gasteiger charge is -2.29. The predicted octanol–water partition coefficient (Wildman–Crippen LogP) is 5.18. The van der Waals surface area contributed by atoms with E-state index in [1.165, 1.54) is 55.8 Å². The van der Waals surface area contributed by atoms with E-state index in [4.69, 9.17) is 5.10 Å². The molecule has 0 aliphatic heterocycles. The molecule has 0 N–H and O–H groups in total. The van der Waals surface area contributed by atoms with Gasteiger partial charge in [-0.3, -0.25) is 4.68 Å². The molecular weight excluding hydrogens is 278 g/mol. The molecule has 0 spiro atoms. The van der Waals surface area contributed by atoms with Crippen LogP contribution in [0, 0.1) is 0 Å². The van der Waals surface area contributed by atoms with Crippen molar-refractivity contribution >= 4 is 11.5 Å². The molecule has 0 aliphatic rings. The normalized spacial score (nSPS) is 14.3. The van der Waals surface area contributed by atoms with Gasteiger partial charge < -0.3 is 0 Å². The van der Waals surface area contributed by atoms with E-state index in [0.717, 1.165) is 11.3 Å². The molecule has 3 nitrogen and oxygen atoms in total. The first-order valence-electron chi connectivity index (χ1n) is 8.05. The number of hydrogen-bond acceptors (Lipinski definition) is 3. The Morgan fingerprint density at radius 1 is 1.19 bits per heavy atom. The Bertz CT molecular complexity index is 544. The summed E-state index contributed by atoms with van der Waals surface area (Å²) in [4.78, 5) is 0. The Balaban J connectivity index is 2.27. The van der Waals surface area contributed by atoms with E-state index in [-0.39, 0.29) is 5.41 Å². The second kappa shape index (κ2) is 7.21. The number of aromatic nitrogens is 3. The van der Waals surface area contributed by atoms with Gasteiger partial charge in [0.1, 0.15) is 0 Å². The van der Waals surface area contributed by atoms with E-state index >= 15 is 0 Å². The Morgan fingerprint density at radius 3 is 2.62 bits per heavy atom. The van der Waals surface area contributed by atoms with Gasteiger partial charge in [-0.25, -0.2) is 4.37 Å². The van der Waals surface area contributed by atoms with Gasteiger partial charge in [0, 0.05) is 29.1 Å². The van der Waals surface area contributed by atoms with Gasteiger partial charge in [0.25, 0.3) is 0 Å². The van der Waals surface area contributed by atoms with Crippen LogP contribution in [0.4, 0.5) is 0 Å². The molecule has 2 rings (SSSR count). The second-order valence-electron chi connectivity index (χ2n) is 6.22. The molecule has 0 saturated carbocycles. The molecule has 0 radical (unpaired) electrons. The van der Waals surface area contributed by atoms with E-state index in [0.29, 0.717) is 0 Å². The number of rotatable bonds is 8. The van der Waals surface area contributed by atoms with Gasteiger partial charge in [-0.05, 0) is 30.4 Å². The summed E-state index contributed by atoms with van der Waals surface area (Å²) < 4.78 is 6.27. The highest BCUT2D eigenvalue weighted by molar-refractivity contribution is 7.03. The first-order valence-corrected chi connectivity index (χ1v) is 8.88. The van der Waals surface area contributed by atoms with Crippen LogP contribution in [0.25, 0.3) is 11.3 Å². The summed E-state index contributed by atoms with van der Waals surface area (Å²) in [6.07, 6.45) is 9.48. The zero-order chi connectivity index (χ0) is 15.3. The lowest BCUT2D eigenvalue weighted by Crippen LogP contribution is -2.25. The van der Waals surface area contributed by atoms with Gasteiger partial charge in [-0.15, -0.1) is 0 Å². The van der Waals surface area contributed by atoms with E-state index in [1.54, 1.807) is 0 Å². The zero-order valence-corrected chi connectivity index (χ0v) is 14.5. The van der Waals surface area contributed by atoms with Crippen molar-refractivity contribution in [2.75, 3.05) is 0 Å². The van der Waals surface area contributed by atoms with Crippen LogP contribution in [0.15, 0.2) is 17.6 Å². The van der Waals surface area contributed by atoms with E-state index in [1.807, 2.05) is 6.20 Å². The fourth-order valence-electron chi connectivity index (χ4n) is 3.20. The SMILES string of the molecule is CCCCCC(C)(CCC)c1cc(-c2cnsc2)nn1C. The van der Waals surface area contributed by atoms with Gasteiger partial charge in [0.15, 0.2) is 0 Å². The minimum absolute atomic E-state index is 0.230. The maximum absolute atomic E-state index is 4.71. The van der Waals surface area contributed by atoms with Crippen LogP contribution in [0.5, 0.6) is 0 Å². The Labute approximate surface area is 132 Å². The lowest BCUT2D eigenvalue weighted by molar-refractivity contribution is 0.355. The second-order valence-corrected chi connectivity index (χ2v) is 6.88. The molecule has 2 aromatic heterocycles. The van der Waals surface area contributed by atoms with Crippen molar-refractivity contribution in [2.24, 2.45) is 7.05 Å². The summed E-state index contributed by atoms with van der Waals surface area (Å²) in [5.74, 6) is 0. The molecule has 0 aliphatic carbocycles. The van der Waals surface area contributed by atoms with Crippen molar-refractivity contribution in [3.8, 4) is 11.3 Å². The molecule has 0 amide bonds. The first kappa shape index (κ1) is 16.2. The van der Waals surface area contributed by atoms with Crippen molar-refractivity contribution in [3.05, 3.63) is 23.3 Å². The molecule has 0 aromatic carbocycles. The molecule has 0 fully saturated rings. The van der Waals surface area contributed by atoms with Crippen molar-refractivity contribution in [1.29, 1.82) is 0 Å². The van der Waals surface area contributed by atoms with Crippen LogP contribution in [0.2, 0.25) is 0 Å². The van der Waals surface area contributed by atoms with Gasteiger partial charge in [0.2, 0.25) is 0 Å². The molecule has 0 saturated heterocycles. The zero-order valence-electron chi connectivity index (χ0n) is 13.7. The van der Waals surface area contributed by atoms with Gasteiger partial charge in [-0.1, -0.05) is 46.5 Å². The van der Waals surface area contributed by atoms with Crippen LogP contribution in [0.1, 0.15) is 65.0 Å². The summed E-state index contributed by atoms with van der Waals surface area (Å²) in [5, 5.41) is 6.78. The molecular formula is C17H27N3S. The Morgan fingerprint density at radius 2 is 2.00 bits per heavy atom. The van der Waals surface area contributed by atoms with Gasteiger partial charge in [0.05, 0.1) is 11.9 Å². The van der Waals surface area contributed by atoms with E-state index in [9.17, 15) is 0 Å². The smallest absolute Gasteiger partial charge is 0.0950 e. The molecule has 1 atom stereocenters. The van der Waals surface area contributed by atoms with Crippen LogP contribution in [0.3, 0.4) is 0 Å². The number of aryl methyl sites for hydroxylation is 1. The minimum Gasteiger partial charge on any atom is -0.271 e. The maximum Gasteiger partial charge on any atom is 0.0950 e.